The summed E-state index contributed by atoms with van der Waals surface area (Å²) in [6.45, 7) is 4.98. The summed E-state index contributed by atoms with van der Waals surface area (Å²) in [5.74, 6) is -3.43. The fraction of sp³-hybridized carbons (Fsp3) is 0.269. The number of nitro benzene ring substituents is 1. The monoisotopic (exact) mass is 494 g/mol. The maximum absolute atomic E-state index is 13.6. The third kappa shape index (κ3) is 5.43. The largest absolute Gasteiger partial charge is 0.466 e. The van der Waals surface area contributed by atoms with Crippen molar-refractivity contribution in [2.24, 2.45) is 0 Å². The highest BCUT2D eigenvalue weighted by molar-refractivity contribution is 6.00. The molecule has 0 spiro atoms. The van der Waals surface area contributed by atoms with Crippen molar-refractivity contribution in [1.82, 2.24) is 5.32 Å². The number of hydrogen-bond donors (Lipinski definition) is 1. The first-order valence-electron chi connectivity index (χ1n) is 11.1. The number of allylic oxidation sites excluding steroid dienone is 2. The van der Waals surface area contributed by atoms with Crippen molar-refractivity contribution >= 4 is 23.6 Å². The van der Waals surface area contributed by atoms with Crippen LogP contribution in [0, 0.1) is 10.1 Å². The highest BCUT2D eigenvalue weighted by Crippen LogP contribution is 2.41. The SMILES string of the molecule is CCOC(=O)C1=C(C)NC(C)=C(C(=O)OC(C(=O)OC)c2ccccc2)C1c1cccc([N+](=O)[O-])c1. The van der Waals surface area contributed by atoms with Gasteiger partial charge in [0.2, 0.25) is 6.10 Å². The summed E-state index contributed by atoms with van der Waals surface area (Å²) < 4.78 is 15.7. The normalized spacial score (nSPS) is 16.1. The number of carbonyl (C=O) groups is 3. The van der Waals surface area contributed by atoms with Gasteiger partial charge in [-0.3, -0.25) is 10.1 Å². The van der Waals surface area contributed by atoms with Crippen LogP contribution >= 0.6 is 0 Å². The highest BCUT2D eigenvalue weighted by Gasteiger charge is 2.40. The number of nitrogens with zero attached hydrogens (tertiary/aromatic N) is 1. The topological polar surface area (TPSA) is 134 Å². The zero-order chi connectivity index (χ0) is 26.4. The molecule has 0 bridgehead atoms. The van der Waals surface area contributed by atoms with Crippen molar-refractivity contribution in [3.8, 4) is 0 Å². The van der Waals surface area contributed by atoms with Crippen LogP contribution in [0.25, 0.3) is 0 Å². The molecule has 3 rings (SSSR count). The van der Waals surface area contributed by atoms with Crippen LogP contribution in [-0.2, 0) is 28.6 Å². The molecule has 0 fully saturated rings. The van der Waals surface area contributed by atoms with Gasteiger partial charge in [0.15, 0.2) is 0 Å². The van der Waals surface area contributed by atoms with E-state index in [2.05, 4.69) is 5.32 Å². The smallest absolute Gasteiger partial charge is 0.351 e. The van der Waals surface area contributed by atoms with Crippen LogP contribution in [0.15, 0.2) is 77.1 Å². The molecule has 36 heavy (non-hydrogen) atoms. The summed E-state index contributed by atoms with van der Waals surface area (Å²) >= 11 is 0. The predicted molar refractivity (Wildman–Crippen MR) is 128 cm³/mol. The Balaban J connectivity index is 2.13. The molecule has 2 aromatic rings. The van der Waals surface area contributed by atoms with Gasteiger partial charge in [-0.25, -0.2) is 14.4 Å². The van der Waals surface area contributed by atoms with E-state index in [1.807, 2.05) is 0 Å². The third-order valence-electron chi connectivity index (χ3n) is 5.63. The Morgan fingerprint density at radius 3 is 2.22 bits per heavy atom. The van der Waals surface area contributed by atoms with E-state index in [1.165, 1.54) is 25.3 Å². The average Bonchev–Trinajstić information content (AvgIpc) is 2.86. The number of carbonyl (C=O) groups excluding carboxylic acids is 3. The van der Waals surface area contributed by atoms with Crippen molar-refractivity contribution in [3.63, 3.8) is 0 Å². The fourth-order valence-corrected chi connectivity index (χ4v) is 4.05. The van der Waals surface area contributed by atoms with Crippen molar-refractivity contribution < 1.29 is 33.5 Å². The first kappa shape index (κ1) is 26.1. The fourth-order valence-electron chi connectivity index (χ4n) is 4.05. The van der Waals surface area contributed by atoms with Gasteiger partial charge in [-0.05, 0) is 26.3 Å². The molecule has 10 nitrogen and oxygen atoms in total. The van der Waals surface area contributed by atoms with Gasteiger partial charge in [0.05, 0.1) is 35.7 Å². The van der Waals surface area contributed by atoms with E-state index in [0.717, 1.165) is 0 Å². The van der Waals surface area contributed by atoms with E-state index in [9.17, 15) is 24.5 Å². The van der Waals surface area contributed by atoms with Gasteiger partial charge in [-0.2, -0.15) is 0 Å². The van der Waals surface area contributed by atoms with Crippen LogP contribution in [0.1, 0.15) is 43.9 Å². The zero-order valence-electron chi connectivity index (χ0n) is 20.3. The Kier molecular flexibility index (Phi) is 8.21. The average molecular weight is 495 g/mol. The first-order chi connectivity index (χ1) is 17.2. The lowest BCUT2D eigenvalue weighted by atomic mass is 9.80. The quantitative estimate of drug-likeness (QED) is 0.251. The lowest BCUT2D eigenvalue weighted by Crippen LogP contribution is -2.33. The molecule has 1 aliphatic rings. The third-order valence-corrected chi connectivity index (χ3v) is 5.63. The van der Waals surface area contributed by atoms with Crippen LogP contribution in [0.3, 0.4) is 0 Å². The number of esters is 3. The van der Waals surface area contributed by atoms with E-state index < -0.39 is 34.9 Å². The molecule has 1 N–H and O–H groups in total. The number of nitrogens with one attached hydrogen (secondary N) is 1. The Labute approximate surface area is 207 Å². The van der Waals surface area contributed by atoms with E-state index >= 15 is 0 Å². The molecular weight excluding hydrogens is 468 g/mol. The molecule has 0 aliphatic carbocycles. The summed E-state index contributed by atoms with van der Waals surface area (Å²) in [4.78, 5) is 50.0. The maximum atomic E-state index is 13.6. The first-order valence-corrected chi connectivity index (χ1v) is 11.1. The lowest BCUT2D eigenvalue weighted by molar-refractivity contribution is -0.384. The molecule has 2 atom stereocenters. The van der Waals surface area contributed by atoms with Gasteiger partial charge in [0, 0.05) is 29.1 Å². The molecule has 10 heteroatoms. The molecule has 1 heterocycles. The Hall–Kier alpha value is -4.47. The summed E-state index contributed by atoms with van der Waals surface area (Å²) in [5.41, 5.74) is 1.38. The summed E-state index contributed by atoms with van der Waals surface area (Å²) in [5, 5.41) is 14.4. The Bertz CT molecular complexity index is 1250. The van der Waals surface area contributed by atoms with Gasteiger partial charge in [-0.1, -0.05) is 42.5 Å². The summed E-state index contributed by atoms with van der Waals surface area (Å²) in [6, 6.07) is 14.0. The molecule has 0 amide bonds. The number of rotatable bonds is 8. The Morgan fingerprint density at radius 1 is 1.00 bits per heavy atom. The van der Waals surface area contributed by atoms with Gasteiger partial charge in [-0.15, -0.1) is 0 Å². The van der Waals surface area contributed by atoms with E-state index in [-0.39, 0.29) is 23.4 Å². The van der Waals surface area contributed by atoms with E-state index in [0.29, 0.717) is 22.5 Å². The van der Waals surface area contributed by atoms with Crippen LogP contribution in [0.4, 0.5) is 5.69 Å². The maximum Gasteiger partial charge on any atom is 0.351 e. The number of hydrogen-bond acceptors (Lipinski definition) is 9. The minimum Gasteiger partial charge on any atom is -0.466 e. The second kappa shape index (κ2) is 11.3. The number of dihydropyridines is 1. The molecule has 188 valence electrons. The van der Waals surface area contributed by atoms with Gasteiger partial charge < -0.3 is 19.5 Å². The number of benzene rings is 2. The number of methoxy groups -OCH3 is 1. The van der Waals surface area contributed by atoms with E-state index in [1.54, 1.807) is 57.2 Å². The molecule has 0 radical (unpaired) electrons. The second-order valence-electron chi connectivity index (χ2n) is 7.93. The molecular formula is C26H26N2O8. The minimum atomic E-state index is -1.37. The van der Waals surface area contributed by atoms with Gasteiger partial charge in [0.25, 0.3) is 5.69 Å². The Morgan fingerprint density at radius 2 is 1.64 bits per heavy atom. The van der Waals surface area contributed by atoms with Crippen molar-refractivity contribution in [2.75, 3.05) is 13.7 Å². The van der Waals surface area contributed by atoms with Crippen LogP contribution < -0.4 is 5.32 Å². The number of ether oxygens (including phenoxy) is 3. The molecule has 1 aliphatic heterocycles. The van der Waals surface area contributed by atoms with Crippen LogP contribution in [-0.4, -0.2) is 36.5 Å². The standard InChI is InChI=1S/C26H26N2O8/c1-5-35-24(29)20-15(2)27-16(3)21(22(20)18-12-9-13-19(14-18)28(32)33)25(30)36-23(26(31)34-4)17-10-7-6-8-11-17/h6-14,22-23,27H,5H2,1-4H3. The second-order valence-corrected chi connectivity index (χ2v) is 7.93. The van der Waals surface area contributed by atoms with Crippen molar-refractivity contribution in [3.05, 3.63) is 98.4 Å². The summed E-state index contributed by atoms with van der Waals surface area (Å²) in [6.07, 6.45) is -1.37. The predicted octanol–water partition coefficient (Wildman–Crippen LogP) is 3.85. The molecule has 0 saturated heterocycles. The minimum absolute atomic E-state index is 0.00832. The molecule has 2 aromatic carbocycles. The molecule has 0 saturated carbocycles. The number of nitro groups is 1. The van der Waals surface area contributed by atoms with Crippen LogP contribution in [0.5, 0.6) is 0 Å². The van der Waals surface area contributed by atoms with Crippen LogP contribution in [0.2, 0.25) is 0 Å². The highest BCUT2D eigenvalue weighted by atomic mass is 16.6. The lowest BCUT2D eigenvalue weighted by Gasteiger charge is -2.31. The van der Waals surface area contributed by atoms with Crippen molar-refractivity contribution in [1.29, 1.82) is 0 Å². The summed E-state index contributed by atoms with van der Waals surface area (Å²) in [7, 11) is 1.18. The number of non-ortho nitro benzene ring substituents is 1. The molecule has 0 aromatic heterocycles. The molecule has 2 unspecified atom stereocenters. The van der Waals surface area contributed by atoms with Crippen molar-refractivity contribution in [2.45, 2.75) is 32.8 Å². The van der Waals surface area contributed by atoms with E-state index in [4.69, 9.17) is 14.2 Å². The van der Waals surface area contributed by atoms with Gasteiger partial charge >= 0.3 is 17.9 Å². The zero-order valence-corrected chi connectivity index (χ0v) is 20.3. The van der Waals surface area contributed by atoms with Gasteiger partial charge in [0.1, 0.15) is 0 Å².